The monoisotopic (exact) mass is 164 g/mol. The second-order valence-corrected chi connectivity index (χ2v) is 3.53. The zero-order valence-electron chi connectivity index (χ0n) is 7.83. The predicted molar refractivity (Wildman–Crippen MR) is 50.1 cm³/mol. The van der Waals surface area contributed by atoms with Gasteiger partial charge in [0.1, 0.15) is 0 Å². The van der Waals surface area contributed by atoms with Crippen LogP contribution in [0.5, 0.6) is 0 Å². The minimum atomic E-state index is 0.633. The van der Waals surface area contributed by atoms with Crippen LogP contribution in [0.25, 0.3) is 0 Å². The SMILES string of the molecule is CCC1c2cccn2CCN1C. The maximum Gasteiger partial charge on any atom is 0.0495 e. The summed E-state index contributed by atoms with van der Waals surface area (Å²) in [7, 11) is 2.21. The molecule has 0 radical (unpaired) electrons. The highest BCUT2D eigenvalue weighted by Crippen LogP contribution is 2.26. The molecule has 12 heavy (non-hydrogen) atoms. The van der Waals surface area contributed by atoms with E-state index in [0.717, 1.165) is 6.54 Å². The minimum Gasteiger partial charge on any atom is -0.349 e. The molecule has 2 heteroatoms. The van der Waals surface area contributed by atoms with Gasteiger partial charge in [0.05, 0.1) is 0 Å². The van der Waals surface area contributed by atoms with Crippen LogP contribution < -0.4 is 0 Å². The van der Waals surface area contributed by atoms with Crippen LogP contribution in [0.2, 0.25) is 0 Å². The molecule has 0 saturated heterocycles. The Morgan fingerprint density at radius 3 is 3.08 bits per heavy atom. The molecule has 0 fully saturated rings. The first-order valence-corrected chi connectivity index (χ1v) is 4.68. The molecule has 0 N–H and O–H groups in total. The highest BCUT2D eigenvalue weighted by molar-refractivity contribution is 5.14. The van der Waals surface area contributed by atoms with Gasteiger partial charge in [-0.2, -0.15) is 0 Å². The van der Waals surface area contributed by atoms with E-state index in [1.54, 1.807) is 0 Å². The number of hydrogen-bond donors (Lipinski definition) is 0. The fraction of sp³-hybridized carbons (Fsp3) is 0.600. The summed E-state index contributed by atoms with van der Waals surface area (Å²) in [6.45, 7) is 4.58. The first kappa shape index (κ1) is 7.87. The van der Waals surface area contributed by atoms with Crippen LogP contribution in [0.15, 0.2) is 18.3 Å². The zero-order valence-corrected chi connectivity index (χ0v) is 7.83. The van der Waals surface area contributed by atoms with Crippen molar-refractivity contribution in [2.75, 3.05) is 13.6 Å². The van der Waals surface area contributed by atoms with Crippen LogP contribution in [0.1, 0.15) is 25.1 Å². The van der Waals surface area contributed by atoms with Gasteiger partial charge in [-0.05, 0) is 25.6 Å². The molecule has 0 spiro atoms. The molecule has 1 unspecified atom stereocenters. The molecular weight excluding hydrogens is 148 g/mol. The molecule has 0 aromatic carbocycles. The molecule has 1 aromatic rings. The largest absolute Gasteiger partial charge is 0.349 e. The van der Waals surface area contributed by atoms with Gasteiger partial charge in [0.25, 0.3) is 0 Å². The normalized spacial score (nSPS) is 24.0. The lowest BCUT2D eigenvalue weighted by Gasteiger charge is -2.33. The zero-order chi connectivity index (χ0) is 8.55. The van der Waals surface area contributed by atoms with Crippen LogP contribution in [0, 0.1) is 0 Å². The number of rotatable bonds is 1. The summed E-state index contributed by atoms with van der Waals surface area (Å²) in [5.74, 6) is 0. The Hall–Kier alpha value is -0.760. The van der Waals surface area contributed by atoms with Crippen LogP contribution in [-0.2, 0) is 6.54 Å². The second kappa shape index (κ2) is 2.94. The molecule has 0 amide bonds. The van der Waals surface area contributed by atoms with E-state index in [1.165, 1.54) is 18.7 Å². The fourth-order valence-electron chi connectivity index (χ4n) is 2.10. The lowest BCUT2D eigenvalue weighted by molar-refractivity contribution is 0.191. The van der Waals surface area contributed by atoms with Gasteiger partial charge in [-0.1, -0.05) is 6.92 Å². The van der Waals surface area contributed by atoms with E-state index >= 15 is 0 Å². The maximum absolute atomic E-state index is 2.44. The summed E-state index contributed by atoms with van der Waals surface area (Å²) >= 11 is 0. The first-order chi connectivity index (χ1) is 5.83. The van der Waals surface area contributed by atoms with Crippen molar-refractivity contribution in [1.29, 1.82) is 0 Å². The third kappa shape index (κ3) is 1.07. The van der Waals surface area contributed by atoms with E-state index < -0.39 is 0 Å². The second-order valence-electron chi connectivity index (χ2n) is 3.53. The van der Waals surface area contributed by atoms with Gasteiger partial charge in [-0.15, -0.1) is 0 Å². The van der Waals surface area contributed by atoms with E-state index in [-0.39, 0.29) is 0 Å². The van der Waals surface area contributed by atoms with E-state index in [2.05, 4.69) is 41.8 Å². The first-order valence-electron chi connectivity index (χ1n) is 4.68. The van der Waals surface area contributed by atoms with Gasteiger partial charge >= 0.3 is 0 Å². The average Bonchev–Trinajstić information content (AvgIpc) is 2.52. The van der Waals surface area contributed by atoms with Crippen molar-refractivity contribution in [2.45, 2.75) is 25.9 Å². The summed E-state index contributed by atoms with van der Waals surface area (Å²) in [6, 6.07) is 5.02. The molecular formula is C10H16N2. The quantitative estimate of drug-likeness (QED) is 0.615. The van der Waals surface area contributed by atoms with Crippen molar-refractivity contribution < 1.29 is 0 Å². The Bertz CT molecular complexity index is 265. The smallest absolute Gasteiger partial charge is 0.0495 e. The van der Waals surface area contributed by atoms with Crippen LogP contribution in [-0.4, -0.2) is 23.1 Å². The Balaban J connectivity index is 2.34. The Morgan fingerprint density at radius 2 is 2.33 bits per heavy atom. The lowest BCUT2D eigenvalue weighted by atomic mass is 10.1. The lowest BCUT2D eigenvalue weighted by Crippen LogP contribution is -2.34. The van der Waals surface area contributed by atoms with Crippen LogP contribution in [0.3, 0.4) is 0 Å². The third-order valence-corrected chi connectivity index (χ3v) is 2.82. The number of likely N-dealkylation sites (N-methyl/N-ethyl adjacent to an activating group) is 1. The van der Waals surface area contributed by atoms with Crippen LogP contribution >= 0.6 is 0 Å². The average molecular weight is 164 g/mol. The molecule has 0 saturated carbocycles. The van der Waals surface area contributed by atoms with E-state index in [1.807, 2.05) is 0 Å². The molecule has 2 heterocycles. The Labute approximate surface area is 73.8 Å². The summed E-state index contributed by atoms with van der Waals surface area (Å²) in [6.07, 6.45) is 3.39. The molecule has 0 bridgehead atoms. The van der Waals surface area contributed by atoms with Gasteiger partial charge in [0.2, 0.25) is 0 Å². The van der Waals surface area contributed by atoms with Crippen molar-refractivity contribution in [3.8, 4) is 0 Å². The number of aromatic nitrogens is 1. The highest BCUT2D eigenvalue weighted by Gasteiger charge is 2.21. The molecule has 1 aromatic heterocycles. The summed E-state index contributed by atoms with van der Waals surface area (Å²) in [4.78, 5) is 2.44. The standard InChI is InChI=1S/C10H16N2/c1-3-9-10-5-4-6-12(10)8-7-11(9)2/h4-6,9H,3,7-8H2,1-2H3. The third-order valence-electron chi connectivity index (χ3n) is 2.82. The predicted octanol–water partition coefficient (Wildman–Crippen LogP) is 1.88. The van der Waals surface area contributed by atoms with Gasteiger partial charge in [0.15, 0.2) is 0 Å². The molecule has 1 atom stereocenters. The molecule has 1 aliphatic heterocycles. The minimum absolute atomic E-state index is 0.633. The van der Waals surface area contributed by atoms with Gasteiger partial charge in [-0.25, -0.2) is 0 Å². The number of nitrogens with zero attached hydrogens (tertiary/aromatic N) is 2. The van der Waals surface area contributed by atoms with Gasteiger partial charge in [0, 0.05) is 31.0 Å². The molecule has 2 rings (SSSR count). The topological polar surface area (TPSA) is 8.17 Å². The van der Waals surface area contributed by atoms with Crippen LogP contribution in [0.4, 0.5) is 0 Å². The highest BCUT2D eigenvalue weighted by atomic mass is 15.2. The van der Waals surface area contributed by atoms with Crippen molar-refractivity contribution in [2.24, 2.45) is 0 Å². The maximum atomic E-state index is 2.44. The van der Waals surface area contributed by atoms with Crippen molar-refractivity contribution >= 4 is 0 Å². The van der Waals surface area contributed by atoms with Crippen molar-refractivity contribution in [3.63, 3.8) is 0 Å². The Morgan fingerprint density at radius 1 is 1.50 bits per heavy atom. The summed E-state index contributed by atoms with van der Waals surface area (Å²) in [5.41, 5.74) is 1.48. The molecule has 2 nitrogen and oxygen atoms in total. The number of fused-ring (bicyclic) bond motifs is 1. The number of hydrogen-bond acceptors (Lipinski definition) is 1. The Kier molecular flexibility index (Phi) is 1.93. The van der Waals surface area contributed by atoms with Crippen molar-refractivity contribution in [3.05, 3.63) is 24.0 Å². The van der Waals surface area contributed by atoms with E-state index in [0.29, 0.717) is 6.04 Å². The van der Waals surface area contributed by atoms with Gasteiger partial charge in [-0.3, -0.25) is 4.90 Å². The summed E-state index contributed by atoms with van der Waals surface area (Å²) < 4.78 is 2.37. The van der Waals surface area contributed by atoms with E-state index in [9.17, 15) is 0 Å². The molecule has 0 aliphatic carbocycles. The molecule has 1 aliphatic rings. The van der Waals surface area contributed by atoms with Crippen molar-refractivity contribution in [1.82, 2.24) is 9.47 Å². The van der Waals surface area contributed by atoms with E-state index in [4.69, 9.17) is 0 Å². The van der Waals surface area contributed by atoms with Gasteiger partial charge < -0.3 is 4.57 Å². The fourth-order valence-corrected chi connectivity index (χ4v) is 2.10. The molecule has 66 valence electrons. The summed E-state index contributed by atoms with van der Waals surface area (Å²) in [5, 5.41) is 0.